The Bertz CT molecular complexity index is 1260. The number of aromatic nitrogens is 2. The molecule has 3 heterocycles. The second-order valence-corrected chi connectivity index (χ2v) is 8.85. The third-order valence-corrected chi connectivity index (χ3v) is 6.84. The second-order valence-electron chi connectivity index (χ2n) is 8.85. The highest BCUT2D eigenvalue weighted by molar-refractivity contribution is 6.09. The Kier molecular flexibility index (Phi) is 5.45. The van der Waals surface area contributed by atoms with Gasteiger partial charge in [-0.2, -0.15) is 0 Å². The van der Waals surface area contributed by atoms with E-state index in [1.807, 2.05) is 21.6 Å². The van der Waals surface area contributed by atoms with Crippen LogP contribution in [0.15, 0.2) is 35.1 Å². The van der Waals surface area contributed by atoms with Crippen molar-refractivity contribution in [2.24, 2.45) is 0 Å². The zero-order valence-electron chi connectivity index (χ0n) is 18.8. The van der Waals surface area contributed by atoms with Crippen LogP contribution in [0.25, 0.3) is 10.9 Å². The fraction of sp³-hybridized carbons (Fsp3) is 0.423. The zero-order valence-corrected chi connectivity index (χ0v) is 18.8. The zero-order chi connectivity index (χ0) is 22.2. The van der Waals surface area contributed by atoms with E-state index in [9.17, 15) is 9.59 Å². The summed E-state index contributed by atoms with van der Waals surface area (Å²) in [4.78, 5) is 33.4. The fourth-order valence-corrected chi connectivity index (χ4v) is 5.10. The molecule has 0 bridgehead atoms. The van der Waals surface area contributed by atoms with Crippen molar-refractivity contribution in [1.29, 1.82) is 0 Å². The first-order chi connectivity index (χ1) is 15.6. The van der Waals surface area contributed by atoms with Crippen molar-refractivity contribution in [3.05, 3.63) is 63.2 Å². The third kappa shape index (κ3) is 3.48. The molecule has 1 aromatic heterocycles. The van der Waals surface area contributed by atoms with Gasteiger partial charge in [0.25, 0.3) is 11.5 Å². The highest BCUT2D eigenvalue weighted by atomic mass is 16.5. The van der Waals surface area contributed by atoms with Crippen LogP contribution in [-0.4, -0.2) is 29.1 Å². The fourth-order valence-electron chi connectivity index (χ4n) is 5.10. The molecule has 0 saturated carbocycles. The predicted molar refractivity (Wildman–Crippen MR) is 126 cm³/mol. The summed E-state index contributed by atoms with van der Waals surface area (Å²) in [6.07, 6.45) is 7.02. The lowest BCUT2D eigenvalue weighted by Crippen LogP contribution is -2.36. The molecule has 6 heteroatoms. The summed E-state index contributed by atoms with van der Waals surface area (Å²) in [5.74, 6) is 1.48. The number of hydrogen-bond acceptors (Lipinski definition) is 4. The molecular formula is C26H29N3O3. The highest BCUT2D eigenvalue weighted by Crippen LogP contribution is 2.39. The molecule has 0 unspecified atom stereocenters. The quantitative estimate of drug-likeness (QED) is 0.602. The molecule has 0 radical (unpaired) electrons. The molecule has 2 aliphatic heterocycles. The summed E-state index contributed by atoms with van der Waals surface area (Å²) in [7, 11) is 1.64. The van der Waals surface area contributed by atoms with Gasteiger partial charge in [-0.1, -0.05) is 18.9 Å². The lowest BCUT2D eigenvalue weighted by molar-refractivity contribution is 0.0984. The normalized spacial score (nSPS) is 16.1. The third-order valence-electron chi connectivity index (χ3n) is 6.84. The molecule has 2 aliphatic rings. The lowest BCUT2D eigenvalue weighted by atomic mass is 9.95. The molecule has 3 aromatic rings. The van der Waals surface area contributed by atoms with Crippen LogP contribution in [0.4, 0.5) is 5.69 Å². The van der Waals surface area contributed by atoms with Gasteiger partial charge in [0.15, 0.2) is 0 Å². The minimum Gasteiger partial charge on any atom is -0.495 e. The number of anilines is 1. The minimum atomic E-state index is -0.0783. The van der Waals surface area contributed by atoms with E-state index in [-0.39, 0.29) is 11.5 Å². The number of fused-ring (bicyclic) bond motifs is 3. The van der Waals surface area contributed by atoms with Crippen LogP contribution in [0, 0.1) is 6.92 Å². The van der Waals surface area contributed by atoms with Crippen LogP contribution in [-0.2, 0) is 19.4 Å². The summed E-state index contributed by atoms with van der Waals surface area (Å²) in [5, 5.41) is 0.582. The maximum Gasteiger partial charge on any atom is 0.261 e. The smallest absolute Gasteiger partial charge is 0.261 e. The monoisotopic (exact) mass is 431 g/mol. The highest BCUT2D eigenvalue weighted by Gasteiger charge is 2.28. The van der Waals surface area contributed by atoms with Gasteiger partial charge >= 0.3 is 0 Å². The molecule has 6 nitrogen and oxygen atoms in total. The number of amides is 1. The Morgan fingerprint density at radius 2 is 1.84 bits per heavy atom. The predicted octanol–water partition coefficient (Wildman–Crippen LogP) is 4.42. The Labute approximate surface area is 187 Å². The van der Waals surface area contributed by atoms with Crippen LogP contribution in [0.2, 0.25) is 0 Å². The SMILES string of the molecule is COc1ccc(C)c2c1N(C(=O)c1ccc3c(=O)n4c(nc3c1)CCCCCC4)CCC2. The number of carbonyl (C=O) groups is 1. The molecule has 0 N–H and O–H groups in total. The van der Waals surface area contributed by atoms with Crippen LogP contribution < -0.4 is 15.2 Å². The molecule has 32 heavy (non-hydrogen) atoms. The number of methoxy groups -OCH3 is 1. The maximum absolute atomic E-state index is 13.6. The van der Waals surface area contributed by atoms with Crippen molar-refractivity contribution >= 4 is 22.5 Å². The number of rotatable bonds is 2. The van der Waals surface area contributed by atoms with Gasteiger partial charge in [-0.25, -0.2) is 4.98 Å². The Balaban J connectivity index is 1.58. The van der Waals surface area contributed by atoms with Crippen LogP contribution >= 0.6 is 0 Å². The van der Waals surface area contributed by atoms with E-state index in [1.54, 1.807) is 25.3 Å². The summed E-state index contributed by atoms with van der Waals surface area (Å²) in [6.45, 7) is 3.44. The molecule has 5 rings (SSSR count). The Hall–Kier alpha value is -3.15. The minimum absolute atomic E-state index is 0.00603. The van der Waals surface area contributed by atoms with E-state index in [2.05, 4.69) is 6.92 Å². The van der Waals surface area contributed by atoms with E-state index < -0.39 is 0 Å². The topological polar surface area (TPSA) is 64.4 Å². The number of ether oxygens (including phenoxy) is 1. The average molecular weight is 432 g/mol. The van der Waals surface area contributed by atoms with Crippen molar-refractivity contribution in [2.45, 2.75) is 58.4 Å². The number of carbonyl (C=O) groups excluding carboxylic acids is 1. The van der Waals surface area contributed by atoms with Gasteiger partial charge in [-0.05, 0) is 68.0 Å². The molecule has 2 aromatic carbocycles. The van der Waals surface area contributed by atoms with E-state index in [0.717, 1.165) is 62.3 Å². The number of aryl methyl sites for hydroxylation is 2. The Morgan fingerprint density at radius 3 is 2.69 bits per heavy atom. The van der Waals surface area contributed by atoms with Gasteiger partial charge < -0.3 is 9.64 Å². The van der Waals surface area contributed by atoms with Gasteiger partial charge in [-0.3, -0.25) is 14.2 Å². The van der Waals surface area contributed by atoms with Crippen molar-refractivity contribution in [2.75, 3.05) is 18.6 Å². The standard InChI is InChI=1S/C26H29N3O3/c1-17-10-13-22(32-2)24-19(17)8-7-15-29(24)25(30)18-11-12-20-21(16-18)27-23-9-5-3-4-6-14-28(23)26(20)31/h10-13,16H,3-9,14-15H2,1-2H3. The van der Waals surface area contributed by atoms with Crippen molar-refractivity contribution < 1.29 is 9.53 Å². The van der Waals surface area contributed by atoms with Gasteiger partial charge in [-0.15, -0.1) is 0 Å². The van der Waals surface area contributed by atoms with Gasteiger partial charge in [0, 0.05) is 25.1 Å². The summed E-state index contributed by atoms with van der Waals surface area (Å²) >= 11 is 0. The molecule has 166 valence electrons. The number of benzene rings is 2. The largest absolute Gasteiger partial charge is 0.495 e. The lowest BCUT2D eigenvalue weighted by Gasteiger charge is -2.32. The summed E-state index contributed by atoms with van der Waals surface area (Å²) in [6, 6.07) is 9.30. The average Bonchev–Trinajstić information content (AvgIpc) is 2.80. The summed E-state index contributed by atoms with van der Waals surface area (Å²) in [5.41, 5.74) is 4.38. The molecule has 0 aliphatic carbocycles. The second kappa shape index (κ2) is 8.41. The maximum atomic E-state index is 13.6. The number of nitrogens with zero attached hydrogens (tertiary/aromatic N) is 3. The molecule has 0 spiro atoms. The van der Waals surface area contributed by atoms with Crippen molar-refractivity contribution in [1.82, 2.24) is 9.55 Å². The van der Waals surface area contributed by atoms with Crippen molar-refractivity contribution in [3.63, 3.8) is 0 Å². The van der Waals surface area contributed by atoms with Gasteiger partial charge in [0.2, 0.25) is 0 Å². The molecule has 0 saturated heterocycles. The van der Waals surface area contributed by atoms with Crippen LogP contribution in [0.3, 0.4) is 0 Å². The first kappa shape index (κ1) is 20.7. The number of hydrogen-bond donors (Lipinski definition) is 0. The van der Waals surface area contributed by atoms with Crippen LogP contribution in [0.1, 0.15) is 59.4 Å². The first-order valence-electron chi connectivity index (χ1n) is 11.6. The van der Waals surface area contributed by atoms with Crippen molar-refractivity contribution in [3.8, 4) is 5.75 Å². The van der Waals surface area contributed by atoms with Gasteiger partial charge in [0.1, 0.15) is 11.6 Å². The Morgan fingerprint density at radius 1 is 1.00 bits per heavy atom. The molecule has 1 amide bonds. The molecule has 0 fully saturated rings. The van der Waals surface area contributed by atoms with E-state index in [1.165, 1.54) is 17.5 Å². The van der Waals surface area contributed by atoms with E-state index >= 15 is 0 Å². The van der Waals surface area contributed by atoms with E-state index in [0.29, 0.717) is 23.0 Å². The van der Waals surface area contributed by atoms with E-state index in [4.69, 9.17) is 9.72 Å². The summed E-state index contributed by atoms with van der Waals surface area (Å²) < 4.78 is 7.43. The first-order valence-corrected chi connectivity index (χ1v) is 11.6. The van der Waals surface area contributed by atoms with Crippen LogP contribution in [0.5, 0.6) is 5.75 Å². The van der Waals surface area contributed by atoms with Gasteiger partial charge in [0.05, 0.1) is 23.7 Å². The molecule has 0 atom stereocenters. The molecular weight excluding hydrogens is 402 g/mol.